The molecule has 0 radical (unpaired) electrons. The summed E-state index contributed by atoms with van der Waals surface area (Å²) in [6.45, 7) is 3.91. The minimum atomic E-state index is -0.390. The highest BCUT2D eigenvalue weighted by molar-refractivity contribution is 5.87. The van der Waals surface area contributed by atoms with E-state index in [1.165, 1.54) is 0 Å². The number of likely N-dealkylation sites (N-methyl/N-ethyl adjacent to an activating group) is 1. The fourth-order valence-corrected chi connectivity index (χ4v) is 1.44. The predicted octanol–water partition coefficient (Wildman–Crippen LogP) is 1.26. The van der Waals surface area contributed by atoms with Crippen molar-refractivity contribution >= 4 is 5.78 Å². The highest BCUT2D eigenvalue weighted by Gasteiger charge is 2.29. The van der Waals surface area contributed by atoms with Gasteiger partial charge >= 0.3 is 0 Å². The first kappa shape index (κ1) is 12.9. The van der Waals surface area contributed by atoms with Crippen LogP contribution in [0.15, 0.2) is 12.3 Å². The van der Waals surface area contributed by atoms with Gasteiger partial charge < -0.3 is 0 Å². The van der Waals surface area contributed by atoms with Gasteiger partial charge in [-0.15, -0.1) is 0 Å². The summed E-state index contributed by atoms with van der Waals surface area (Å²) in [7, 11) is 5.76. The summed E-state index contributed by atoms with van der Waals surface area (Å²) in [6.07, 6.45) is 3.08. The predicted molar refractivity (Wildman–Crippen MR) is 64.3 cm³/mol. The molecule has 0 N–H and O–H groups in total. The van der Waals surface area contributed by atoms with Crippen molar-refractivity contribution in [2.24, 2.45) is 7.05 Å². The van der Waals surface area contributed by atoms with Gasteiger partial charge in [-0.25, -0.2) is 0 Å². The van der Waals surface area contributed by atoms with Crippen LogP contribution >= 0.6 is 0 Å². The molecule has 1 heterocycles. The summed E-state index contributed by atoms with van der Waals surface area (Å²) in [4.78, 5) is 14.0. The van der Waals surface area contributed by atoms with Crippen LogP contribution in [0.1, 0.15) is 26.0 Å². The molecule has 90 valence electrons. The van der Waals surface area contributed by atoms with Gasteiger partial charge in [0, 0.05) is 25.4 Å². The van der Waals surface area contributed by atoms with Gasteiger partial charge in [0.1, 0.15) is 0 Å². The second-order valence-electron chi connectivity index (χ2n) is 4.82. The Bertz CT molecular complexity index is 366. The minimum absolute atomic E-state index is 0.263. The normalized spacial score (nSPS) is 12.1. The van der Waals surface area contributed by atoms with E-state index in [-0.39, 0.29) is 5.78 Å². The number of hydrogen-bond donors (Lipinski definition) is 0. The van der Waals surface area contributed by atoms with Crippen molar-refractivity contribution in [2.75, 3.05) is 14.1 Å². The maximum atomic E-state index is 12.0. The molecule has 1 aromatic heterocycles. The molecule has 0 aliphatic carbocycles. The molecule has 0 fully saturated rings. The lowest BCUT2D eigenvalue weighted by Gasteiger charge is -2.30. The maximum absolute atomic E-state index is 12.0. The van der Waals surface area contributed by atoms with Crippen LogP contribution in [0.2, 0.25) is 0 Å². The molecular formula is C12H21N3O. The van der Waals surface area contributed by atoms with E-state index in [4.69, 9.17) is 0 Å². The number of hydrogen-bond acceptors (Lipinski definition) is 3. The van der Waals surface area contributed by atoms with E-state index in [0.29, 0.717) is 6.42 Å². The molecule has 16 heavy (non-hydrogen) atoms. The largest absolute Gasteiger partial charge is 0.298 e. The molecule has 0 bridgehead atoms. The number of aryl methyl sites for hydroxylation is 2. The van der Waals surface area contributed by atoms with Crippen molar-refractivity contribution in [2.45, 2.75) is 32.2 Å². The van der Waals surface area contributed by atoms with Crippen LogP contribution < -0.4 is 0 Å². The number of nitrogens with zero attached hydrogens (tertiary/aromatic N) is 3. The van der Waals surface area contributed by atoms with Gasteiger partial charge in [-0.2, -0.15) is 5.10 Å². The Balaban J connectivity index is 2.57. The average molecular weight is 223 g/mol. The number of ketones is 1. The Morgan fingerprint density at radius 3 is 2.56 bits per heavy atom. The van der Waals surface area contributed by atoms with E-state index in [9.17, 15) is 4.79 Å². The van der Waals surface area contributed by atoms with Crippen LogP contribution in [0.25, 0.3) is 0 Å². The zero-order valence-corrected chi connectivity index (χ0v) is 10.8. The van der Waals surface area contributed by atoms with Crippen molar-refractivity contribution in [3.05, 3.63) is 18.0 Å². The van der Waals surface area contributed by atoms with Gasteiger partial charge in [0.15, 0.2) is 5.78 Å². The van der Waals surface area contributed by atoms with E-state index < -0.39 is 5.54 Å². The summed E-state index contributed by atoms with van der Waals surface area (Å²) < 4.78 is 1.82. The number of carbonyl (C=O) groups is 1. The van der Waals surface area contributed by atoms with Crippen LogP contribution in [0.3, 0.4) is 0 Å². The van der Waals surface area contributed by atoms with E-state index in [1.807, 2.05) is 50.6 Å². The quantitative estimate of drug-likeness (QED) is 0.754. The first-order valence-corrected chi connectivity index (χ1v) is 5.53. The molecule has 0 spiro atoms. The number of rotatable bonds is 5. The molecule has 4 nitrogen and oxygen atoms in total. The van der Waals surface area contributed by atoms with E-state index in [0.717, 1.165) is 12.1 Å². The molecule has 1 aromatic rings. The van der Waals surface area contributed by atoms with Gasteiger partial charge in [-0.1, -0.05) is 0 Å². The maximum Gasteiger partial charge on any atom is 0.152 e. The molecule has 0 saturated carbocycles. The van der Waals surface area contributed by atoms with Crippen LogP contribution in [0, 0.1) is 0 Å². The van der Waals surface area contributed by atoms with Gasteiger partial charge in [-0.05, 0) is 40.4 Å². The number of aromatic nitrogens is 2. The molecular weight excluding hydrogens is 202 g/mol. The van der Waals surface area contributed by atoms with Crippen molar-refractivity contribution < 1.29 is 4.79 Å². The second kappa shape index (κ2) is 4.78. The number of Topliss-reactive ketones (excluding diaryl/α,β-unsaturated/α-hetero) is 1. The Labute approximate surface area is 97.2 Å². The van der Waals surface area contributed by atoms with Crippen molar-refractivity contribution in [1.82, 2.24) is 14.7 Å². The third kappa shape index (κ3) is 2.70. The van der Waals surface area contributed by atoms with Crippen LogP contribution in [0.5, 0.6) is 0 Å². The minimum Gasteiger partial charge on any atom is -0.298 e. The van der Waals surface area contributed by atoms with E-state index in [2.05, 4.69) is 5.10 Å². The van der Waals surface area contributed by atoms with Crippen molar-refractivity contribution in [3.8, 4) is 0 Å². The Morgan fingerprint density at radius 1 is 1.50 bits per heavy atom. The molecule has 4 heteroatoms. The summed E-state index contributed by atoms with van der Waals surface area (Å²) in [5, 5.41) is 4.09. The summed E-state index contributed by atoms with van der Waals surface area (Å²) in [5.41, 5.74) is 0.710. The van der Waals surface area contributed by atoms with Crippen LogP contribution in [0.4, 0.5) is 0 Å². The Morgan fingerprint density at radius 2 is 2.12 bits per heavy atom. The molecule has 0 unspecified atom stereocenters. The van der Waals surface area contributed by atoms with Crippen molar-refractivity contribution in [3.63, 3.8) is 0 Å². The molecule has 0 aliphatic rings. The van der Waals surface area contributed by atoms with E-state index >= 15 is 0 Å². The lowest BCUT2D eigenvalue weighted by atomic mass is 9.94. The lowest BCUT2D eigenvalue weighted by Crippen LogP contribution is -2.45. The molecule has 0 aromatic carbocycles. The third-order valence-electron chi connectivity index (χ3n) is 3.33. The van der Waals surface area contributed by atoms with Crippen LogP contribution in [-0.4, -0.2) is 40.1 Å². The first-order valence-electron chi connectivity index (χ1n) is 5.53. The topological polar surface area (TPSA) is 38.1 Å². The molecule has 0 atom stereocenters. The zero-order valence-electron chi connectivity index (χ0n) is 10.8. The molecule has 1 rings (SSSR count). The molecule has 0 aliphatic heterocycles. The summed E-state index contributed by atoms with van der Waals surface area (Å²) in [5.74, 6) is 0.263. The standard InChI is InChI=1S/C12H21N3O/c1-12(2,14(3)4)11(16)7-6-10-8-9-13-15(10)5/h8-9H,6-7H2,1-5H3. The average Bonchev–Trinajstić information content (AvgIpc) is 2.60. The third-order valence-corrected chi connectivity index (χ3v) is 3.33. The monoisotopic (exact) mass is 223 g/mol. The van der Waals surface area contributed by atoms with Crippen LogP contribution in [-0.2, 0) is 18.3 Å². The highest BCUT2D eigenvalue weighted by atomic mass is 16.1. The SMILES string of the molecule is CN(C)C(C)(C)C(=O)CCc1ccnn1C. The van der Waals surface area contributed by atoms with Gasteiger partial charge in [-0.3, -0.25) is 14.4 Å². The van der Waals surface area contributed by atoms with Gasteiger partial charge in [0.25, 0.3) is 0 Å². The summed E-state index contributed by atoms with van der Waals surface area (Å²) >= 11 is 0. The fraction of sp³-hybridized carbons (Fsp3) is 0.667. The molecule has 0 saturated heterocycles. The smallest absolute Gasteiger partial charge is 0.152 e. The van der Waals surface area contributed by atoms with Crippen molar-refractivity contribution in [1.29, 1.82) is 0 Å². The van der Waals surface area contributed by atoms with Gasteiger partial charge in [0.05, 0.1) is 5.54 Å². The second-order valence-corrected chi connectivity index (χ2v) is 4.82. The lowest BCUT2D eigenvalue weighted by molar-refractivity contribution is -0.127. The fourth-order valence-electron chi connectivity index (χ4n) is 1.44. The van der Waals surface area contributed by atoms with Gasteiger partial charge in [0.2, 0.25) is 0 Å². The number of carbonyl (C=O) groups excluding carboxylic acids is 1. The first-order chi connectivity index (χ1) is 7.35. The highest BCUT2D eigenvalue weighted by Crippen LogP contribution is 2.15. The molecule has 0 amide bonds. The Hall–Kier alpha value is -1.16. The summed E-state index contributed by atoms with van der Waals surface area (Å²) in [6, 6.07) is 1.95. The Kier molecular flexibility index (Phi) is 3.86. The van der Waals surface area contributed by atoms with E-state index in [1.54, 1.807) is 6.20 Å². The zero-order chi connectivity index (χ0) is 12.3.